The monoisotopic (exact) mass is 246 g/mol. The van der Waals surface area contributed by atoms with E-state index < -0.39 is 0 Å². The number of nitriles is 1. The Morgan fingerprint density at radius 1 is 1.61 bits per heavy atom. The molecule has 0 spiro atoms. The van der Waals surface area contributed by atoms with Crippen LogP contribution in [0.4, 0.5) is 5.82 Å². The molecule has 0 fully saturated rings. The Morgan fingerprint density at radius 3 is 2.94 bits per heavy atom. The highest BCUT2D eigenvalue weighted by atomic mass is 16.2. The number of nitrogens with zero attached hydrogens (tertiary/aromatic N) is 3. The molecule has 1 N–H and O–H groups in total. The Balaban J connectivity index is 2.62. The normalized spacial score (nSPS) is 9.94. The molecule has 5 heteroatoms. The van der Waals surface area contributed by atoms with E-state index in [0.717, 1.165) is 0 Å². The van der Waals surface area contributed by atoms with Gasteiger partial charge in [0.05, 0.1) is 12.1 Å². The predicted octanol–water partition coefficient (Wildman–Crippen LogP) is 1.16. The van der Waals surface area contributed by atoms with Gasteiger partial charge in [0.1, 0.15) is 11.9 Å². The van der Waals surface area contributed by atoms with Gasteiger partial charge >= 0.3 is 0 Å². The molecule has 18 heavy (non-hydrogen) atoms. The maximum atomic E-state index is 11.7. The Hall–Kier alpha value is -2.09. The van der Waals surface area contributed by atoms with Gasteiger partial charge in [-0.15, -0.1) is 0 Å². The largest absolute Gasteiger partial charge is 0.354 e. The molecule has 1 aromatic heterocycles. The van der Waals surface area contributed by atoms with Crippen molar-refractivity contribution in [3.8, 4) is 6.07 Å². The minimum atomic E-state index is -0.0688. The van der Waals surface area contributed by atoms with E-state index in [-0.39, 0.29) is 12.5 Å². The summed E-state index contributed by atoms with van der Waals surface area (Å²) in [6.45, 7) is 4.92. The summed E-state index contributed by atoms with van der Waals surface area (Å²) < 4.78 is 0. The zero-order chi connectivity index (χ0) is 13.5. The van der Waals surface area contributed by atoms with Crippen molar-refractivity contribution in [2.24, 2.45) is 5.92 Å². The summed E-state index contributed by atoms with van der Waals surface area (Å²) in [5, 5.41) is 11.8. The fourth-order valence-electron chi connectivity index (χ4n) is 1.45. The van der Waals surface area contributed by atoms with E-state index in [0.29, 0.717) is 23.8 Å². The molecule has 0 bridgehead atoms. The first kappa shape index (κ1) is 14.0. The lowest BCUT2D eigenvalue weighted by Gasteiger charge is -2.18. The molecule has 5 nitrogen and oxygen atoms in total. The van der Waals surface area contributed by atoms with Crippen LogP contribution in [-0.4, -0.2) is 31.0 Å². The Labute approximate surface area is 107 Å². The van der Waals surface area contributed by atoms with E-state index in [2.05, 4.69) is 16.4 Å². The lowest BCUT2D eigenvalue weighted by atomic mass is 10.2. The van der Waals surface area contributed by atoms with Gasteiger partial charge in [-0.3, -0.25) is 4.79 Å². The highest BCUT2D eigenvalue weighted by molar-refractivity contribution is 5.81. The third-order valence-corrected chi connectivity index (χ3v) is 2.36. The van der Waals surface area contributed by atoms with Gasteiger partial charge in [0.2, 0.25) is 5.91 Å². The van der Waals surface area contributed by atoms with E-state index >= 15 is 0 Å². The highest BCUT2D eigenvalue weighted by Gasteiger charge is 2.12. The summed E-state index contributed by atoms with van der Waals surface area (Å²) in [5.74, 6) is 0.879. The number of carbonyl (C=O) groups is 1. The quantitative estimate of drug-likeness (QED) is 0.846. The third-order valence-electron chi connectivity index (χ3n) is 2.36. The van der Waals surface area contributed by atoms with Gasteiger partial charge < -0.3 is 10.2 Å². The van der Waals surface area contributed by atoms with Crippen LogP contribution in [0.1, 0.15) is 19.4 Å². The Bertz CT molecular complexity index is 451. The number of rotatable bonds is 5. The molecule has 1 rings (SSSR count). The standard InChI is InChI=1S/C13H18N4O/c1-10(2)8-16-12(18)9-17(3)13-11(7-14)5-4-6-15-13/h4-6,10H,8-9H2,1-3H3,(H,16,18). The molecule has 96 valence electrons. The van der Waals surface area contributed by atoms with E-state index in [1.165, 1.54) is 0 Å². The van der Waals surface area contributed by atoms with Crippen LogP contribution in [0.2, 0.25) is 0 Å². The molecule has 0 atom stereocenters. The van der Waals surface area contributed by atoms with Gasteiger partial charge in [-0.1, -0.05) is 13.8 Å². The number of pyridine rings is 1. The minimum absolute atomic E-state index is 0.0688. The fourth-order valence-corrected chi connectivity index (χ4v) is 1.45. The van der Waals surface area contributed by atoms with Crippen molar-refractivity contribution in [1.29, 1.82) is 5.26 Å². The van der Waals surface area contributed by atoms with E-state index in [4.69, 9.17) is 5.26 Å². The van der Waals surface area contributed by atoms with Crippen molar-refractivity contribution in [3.63, 3.8) is 0 Å². The molecule has 0 radical (unpaired) electrons. The Kier molecular flexibility index (Phi) is 5.12. The van der Waals surface area contributed by atoms with Crippen LogP contribution >= 0.6 is 0 Å². The summed E-state index contributed by atoms with van der Waals surface area (Å²) in [4.78, 5) is 17.5. The Morgan fingerprint density at radius 2 is 2.33 bits per heavy atom. The first-order chi connectivity index (χ1) is 8.54. The highest BCUT2D eigenvalue weighted by Crippen LogP contribution is 2.13. The second-order valence-corrected chi connectivity index (χ2v) is 4.54. The summed E-state index contributed by atoms with van der Waals surface area (Å²) >= 11 is 0. The number of hydrogen-bond acceptors (Lipinski definition) is 4. The van der Waals surface area contributed by atoms with Gasteiger partial charge in [-0.25, -0.2) is 4.98 Å². The van der Waals surface area contributed by atoms with Crippen molar-refractivity contribution in [1.82, 2.24) is 10.3 Å². The van der Waals surface area contributed by atoms with Crippen LogP contribution in [0.15, 0.2) is 18.3 Å². The molecule has 1 aromatic rings. The average molecular weight is 246 g/mol. The number of anilines is 1. The van der Waals surface area contributed by atoms with Crippen LogP contribution in [0.5, 0.6) is 0 Å². The van der Waals surface area contributed by atoms with Gasteiger partial charge in [0.25, 0.3) is 0 Å². The topological polar surface area (TPSA) is 69.0 Å². The maximum absolute atomic E-state index is 11.7. The van der Waals surface area contributed by atoms with Gasteiger partial charge in [0, 0.05) is 19.8 Å². The van der Waals surface area contributed by atoms with E-state index in [1.54, 1.807) is 30.3 Å². The molecule has 0 aromatic carbocycles. The number of aromatic nitrogens is 1. The van der Waals surface area contributed by atoms with Crippen molar-refractivity contribution >= 4 is 11.7 Å². The van der Waals surface area contributed by atoms with Gasteiger partial charge in [-0.05, 0) is 18.1 Å². The lowest BCUT2D eigenvalue weighted by Crippen LogP contribution is -2.37. The lowest BCUT2D eigenvalue weighted by molar-refractivity contribution is -0.119. The second-order valence-electron chi connectivity index (χ2n) is 4.54. The molecular formula is C13H18N4O. The molecule has 0 aliphatic carbocycles. The number of nitrogens with one attached hydrogen (secondary N) is 1. The summed E-state index contributed by atoms with van der Waals surface area (Å²) in [6, 6.07) is 5.45. The second kappa shape index (κ2) is 6.60. The van der Waals surface area contributed by atoms with Crippen molar-refractivity contribution in [2.45, 2.75) is 13.8 Å². The molecule has 0 aliphatic rings. The molecule has 0 saturated heterocycles. The van der Waals surface area contributed by atoms with Crippen LogP contribution in [-0.2, 0) is 4.79 Å². The summed E-state index contributed by atoms with van der Waals surface area (Å²) in [6.07, 6.45) is 1.61. The van der Waals surface area contributed by atoms with Gasteiger partial charge in [0.15, 0.2) is 0 Å². The number of likely N-dealkylation sites (N-methyl/N-ethyl adjacent to an activating group) is 1. The van der Waals surface area contributed by atoms with Crippen LogP contribution in [0.25, 0.3) is 0 Å². The minimum Gasteiger partial charge on any atom is -0.354 e. The molecule has 1 heterocycles. The maximum Gasteiger partial charge on any atom is 0.239 e. The molecule has 0 aliphatic heterocycles. The third kappa shape index (κ3) is 4.06. The smallest absolute Gasteiger partial charge is 0.239 e. The van der Waals surface area contributed by atoms with Gasteiger partial charge in [-0.2, -0.15) is 5.26 Å². The van der Waals surface area contributed by atoms with Crippen molar-refractivity contribution in [3.05, 3.63) is 23.9 Å². The summed E-state index contributed by atoms with van der Waals surface area (Å²) in [5.41, 5.74) is 0.469. The number of carbonyl (C=O) groups excluding carboxylic acids is 1. The number of hydrogen-bond donors (Lipinski definition) is 1. The zero-order valence-corrected chi connectivity index (χ0v) is 11.0. The molecular weight excluding hydrogens is 228 g/mol. The molecule has 1 amide bonds. The molecule has 0 saturated carbocycles. The van der Waals surface area contributed by atoms with Crippen LogP contribution in [0.3, 0.4) is 0 Å². The van der Waals surface area contributed by atoms with Crippen LogP contribution in [0, 0.1) is 17.2 Å². The van der Waals surface area contributed by atoms with Crippen molar-refractivity contribution < 1.29 is 4.79 Å². The number of amides is 1. The first-order valence-corrected chi connectivity index (χ1v) is 5.87. The average Bonchev–Trinajstić information content (AvgIpc) is 2.36. The van der Waals surface area contributed by atoms with Crippen LogP contribution < -0.4 is 10.2 Å². The molecule has 0 unspecified atom stereocenters. The SMILES string of the molecule is CC(C)CNC(=O)CN(C)c1ncccc1C#N. The fraction of sp³-hybridized carbons (Fsp3) is 0.462. The predicted molar refractivity (Wildman–Crippen MR) is 70.1 cm³/mol. The van der Waals surface area contributed by atoms with E-state index in [1.807, 2.05) is 13.8 Å². The first-order valence-electron chi connectivity index (χ1n) is 5.87. The summed E-state index contributed by atoms with van der Waals surface area (Å²) in [7, 11) is 1.75. The van der Waals surface area contributed by atoms with E-state index in [9.17, 15) is 4.79 Å². The zero-order valence-electron chi connectivity index (χ0n) is 11.0. The van der Waals surface area contributed by atoms with Crippen molar-refractivity contribution in [2.75, 3.05) is 25.0 Å².